The van der Waals surface area contributed by atoms with Gasteiger partial charge in [-0.05, 0) is 61.9 Å². The lowest BCUT2D eigenvalue weighted by molar-refractivity contribution is -0.140. The maximum atomic E-state index is 13.7. The molecular formula is C22H23F4NO3S2. The molecule has 0 aliphatic rings. The molecule has 3 aromatic rings. The second-order valence-electron chi connectivity index (χ2n) is 8.23. The van der Waals surface area contributed by atoms with Crippen LogP contribution in [0.1, 0.15) is 37.0 Å². The highest BCUT2D eigenvalue weighted by Gasteiger charge is 2.35. The zero-order valence-corrected chi connectivity index (χ0v) is 19.3. The Bertz CT molecular complexity index is 1230. The highest BCUT2D eigenvalue weighted by atomic mass is 32.2. The Morgan fingerprint density at radius 2 is 1.75 bits per heavy atom. The van der Waals surface area contributed by atoms with Gasteiger partial charge in [-0.2, -0.15) is 13.2 Å². The molecule has 32 heavy (non-hydrogen) atoms. The lowest BCUT2D eigenvalue weighted by Gasteiger charge is -2.26. The summed E-state index contributed by atoms with van der Waals surface area (Å²) in [5.74, 6) is -1.83. The molecule has 2 aromatic carbocycles. The number of anilines is 1. The number of aliphatic hydroxyl groups is 1. The number of sulfonamides is 1. The number of alkyl halides is 3. The Morgan fingerprint density at radius 3 is 2.34 bits per heavy atom. The molecule has 1 N–H and O–H groups in total. The van der Waals surface area contributed by atoms with E-state index in [-0.39, 0.29) is 12.0 Å². The standard InChI is InChI=1S/C22H23F4NO3S2/c1-14-16-6-4-5-7-19(16)31-20(14)27(32(29,30)11-10-21(2,3)28)13-15-8-9-18(23)17(12-15)22(24,25)26/h4-9,12,28H,10-11,13H2,1-3H3. The van der Waals surface area contributed by atoms with Gasteiger partial charge in [0.2, 0.25) is 10.0 Å². The van der Waals surface area contributed by atoms with Crippen molar-refractivity contribution in [3.8, 4) is 0 Å². The Labute approximate surface area is 188 Å². The summed E-state index contributed by atoms with van der Waals surface area (Å²) in [6.45, 7) is 4.31. The normalized spacial score (nSPS) is 13.0. The number of fused-ring (bicyclic) bond motifs is 1. The number of rotatable bonds is 7. The molecule has 0 atom stereocenters. The molecule has 0 unspecified atom stereocenters. The van der Waals surface area contributed by atoms with E-state index in [9.17, 15) is 31.1 Å². The smallest absolute Gasteiger partial charge is 0.390 e. The van der Waals surface area contributed by atoms with Crippen molar-refractivity contribution < 1.29 is 31.1 Å². The van der Waals surface area contributed by atoms with E-state index in [1.807, 2.05) is 24.3 Å². The predicted molar refractivity (Wildman–Crippen MR) is 119 cm³/mol. The number of thiophene rings is 1. The molecule has 0 aliphatic carbocycles. The van der Waals surface area contributed by atoms with E-state index in [1.54, 1.807) is 6.92 Å². The Hall–Kier alpha value is -2.17. The van der Waals surface area contributed by atoms with E-state index >= 15 is 0 Å². The molecule has 0 aliphatic heterocycles. The average molecular weight is 490 g/mol. The topological polar surface area (TPSA) is 57.6 Å². The fraction of sp³-hybridized carbons (Fsp3) is 0.364. The summed E-state index contributed by atoms with van der Waals surface area (Å²) in [4.78, 5) is 0. The molecule has 0 spiro atoms. The Morgan fingerprint density at radius 1 is 1.09 bits per heavy atom. The van der Waals surface area contributed by atoms with E-state index in [1.165, 1.54) is 25.2 Å². The summed E-state index contributed by atoms with van der Waals surface area (Å²) in [7, 11) is -4.03. The van der Waals surface area contributed by atoms with Crippen molar-refractivity contribution in [3.05, 3.63) is 65.0 Å². The van der Waals surface area contributed by atoms with Crippen LogP contribution < -0.4 is 4.31 Å². The van der Waals surface area contributed by atoms with Gasteiger partial charge in [-0.1, -0.05) is 24.3 Å². The second-order valence-corrected chi connectivity index (χ2v) is 11.3. The highest BCUT2D eigenvalue weighted by molar-refractivity contribution is 7.93. The molecule has 0 saturated carbocycles. The quantitative estimate of drug-likeness (QED) is 0.423. The van der Waals surface area contributed by atoms with Crippen molar-refractivity contribution in [2.45, 2.75) is 45.5 Å². The van der Waals surface area contributed by atoms with Crippen LogP contribution in [-0.2, 0) is 22.7 Å². The van der Waals surface area contributed by atoms with Crippen molar-refractivity contribution in [1.29, 1.82) is 0 Å². The van der Waals surface area contributed by atoms with Crippen molar-refractivity contribution in [1.82, 2.24) is 0 Å². The molecule has 1 heterocycles. The first kappa shape index (κ1) is 24.5. The summed E-state index contributed by atoms with van der Waals surface area (Å²) >= 11 is 1.21. The van der Waals surface area contributed by atoms with Gasteiger partial charge in [0.05, 0.1) is 23.5 Å². The van der Waals surface area contributed by atoms with E-state index in [2.05, 4.69) is 0 Å². The van der Waals surface area contributed by atoms with E-state index in [0.29, 0.717) is 22.7 Å². The first-order valence-electron chi connectivity index (χ1n) is 9.75. The van der Waals surface area contributed by atoms with Gasteiger partial charge < -0.3 is 5.11 Å². The molecule has 0 amide bonds. The van der Waals surface area contributed by atoms with Crippen LogP contribution in [0.3, 0.4) is 0 Å². The highest BCUT2D eigenvalue weighted by Crippen LogP contribution is 2.40. The molecule has 0 bridgehead atoms. The summed E-state index contributed by atoms with van der Waals surface area (Å²) in [6, 6.07) is 9.77. The fourth-order valence-corrected chi connectivity index (χ4v) is 6.52. The molecule has 4 nitrogen and oxygen atoms in total. The number of benzene rings is 2. The molecule has 0 radical (unpaired) electrons. The molecule has 3 rings (SSSR count). The van der Waals surface area contributed by atoms with Crippen molar-refractivity contribution in [2.24, 2.45) is 0 Å². The van der Waals surface area contributed by atoms with Gasteiger partial charge in [0, 0.05) is 4.70 Å². The van der Waals surface area contributed by atoms with E-state index in [0.717, 1.165) is 20.5 Å². The molecule has 0 saturated heterocycles. The molecule has 1 aromatic heterocycles. The predicted octanol–water partition coefficient (Wildman–Crippen LogP) is 5.87. The number of hydrogen-bond donors (Lipinski definition) is 1. The zero-order chi connectivity index (χ0) is 23.9. The summed E-state index contributed by atoms with van der Waals surface area (Å²) in [6.07, 6.45) is -4.97. The summed E-state index contributed by atoms with van der Waals surface area (Å²) < 4.78 is 81.7. The van der Waals surface area contributed by atoms with Crippen LogP contribution in [0.4, 0.5) is 22.6 Å². The Balaban J connectivity index is 2.10. The van der Waals surface area contributed by atoms with Gasteiger partial charge in [-0.3, -0.25) is 4.31 Å². The van der Waals surface area contributed by atoms with Gasteiger partial charge in [-0.15, -0.1) is 11.3 Å². The van der Waals surface area contributed by atoms with Crippen LogP contribution in [-0.4, -0.2) is 24.9 Å². The lowest BCUT2D eigenvalue weighted by Crippen LogP contribution is -2.35. The van der Waals surface area contributed by atoms with Crippen molar-refractivity contribution >= 4 is 36.4 Å². The van der Waals surface area contributed by atoms with Gasteiger partial charge in [0.25, 0.3) is 0 Å². The SMILES string of the molecule is Cc1c(N(Cc2ccc(F)c(C(F)(F)F)c2)S(=O)(=O)CCC(C)(C)O)sc2ccccc12. The van der Waals surface area contributed by atoms with E-state index in [4.69, 9.17) is 0 Å². The number of halogens is 4. The number of nitrogens with zero attached hydrogens (tertiary/aromatic N) is 1. The minimum Gasteiger partial charge on any atom is -0.390 e. The second kappa shape index (κ2) is 8.64. The Kier molecular flexibility index (Phi) is 6.61. The maximum absolute atomic E-state index is 13.7. The van der Waals surface area contributed by atoms with Crippen LogP contribution in [0, 0.1) is 12.7 Å². The van der Waals surface area contributed by atoms with Crippen LogP contribution in [0.25, 0.3) is 10.1 Å². The fourth-order valence-electron chi connectivity index (χ4n) is 3.24. The van der Waals surface area contributed by atoms with Crippen LogP contribution in [0.15, 0.2) is 42.5 Å². The monoisotopic (exact) mass is 489 g/mol. The summed E-state index contributed by atoms with van der Waals surface area (Å²) in [5, 5.41) is 11.2. The van der Waals surface area contributed by atoms with Gasteiger partial charge in [-0.25, -0.2) is 12.8 Å². The van der Waals surface area contributed by atoms with Crippen molar-refractivity contribution in [3.63, 3.8) is 0 Å². The molecular weight excluding hydrogens is 466 g/mol. The largest absolute Gasteiger partial charge is 0.419 e. The van der Waals surface area contributed by atoms with Crippen molar-refractivity contribution in [2.75, 3.05) is 10.1 Å². The average Bonchev–Trinajstić information content (AvgIpc) is 3.01. The number of hydrogen-bond acceptors (Lipinski definition) is 4. The van der Waals surface area contributed by atoms with Crippen LogP contribution >= 0.6 is 11.3 Å². The summed E-state index contributed by atoms with van der Waals surface area (Å²) in [5.41, 5.74) is -2.01. The molecule has 0 fully saturated rings. The first-order chi connectivity index (χ1) is 14.7. The van der Waals surface area contributed by atoms with E-state index < -0.39 is 45.5 Å². The molecule has 174 valence electrons. The maximum Gasteiger partial charge on any atom is 0.419 e. The number of aryl methyl sites for hydroxylation is 1. The minimum atomic E-state index is -4.90. The first-order valence-corrected chi connectivity index (χ1v) is 12.2. The zero-order valence-electron chi connectivity index (χ0n) is 17.7. The van der Waals surface area contributed by atoms with Gasteiger partial charge >= 0.3 is 6.18 Å². The van der Waals surface area contributed by atoms with Gasteiger partial charge in [0.15, 0.2) is 0 Å². The third kappa shape index (κ3) is 5.41. The van der Waals surface area contributed by atoms with Gasteiger partial charge in [0.1, 0.15) is 10.8 Å². The lowest BCUT2D eigenvalue weighted by atomic mass is 10.1. The molecule has 10 heteroatoms. The minimum absolute atomic E-state index is 0.00224. The van der Waals surface area contributed by atoms with Crippen LogP contribution in [0.5, 0.6) is 0 Å². The van der Waals surface area contributed by atoms with Crippen LogP contribution in [0.2, 0.25) is 0 Å². The third-order valence-electron chi connectivity index (χ3n) is 5.01. The third-order valence-corrected chi connectivity index (χ3v) is 8.13.